The van der Waals surface area contributed by atoms with Gasteiger partial charge in [-0.2, -0.15) is 0 Å². The summed E-state index contributed by atoms with van der Waals surface area (Å²) in [6, 6.07) is 19.8. The molecule has 3 rings (SSSR count). The van der Waals surface area contributed by atoms with Crippen LogP contribution in [0.5, 0.6) is 0 Å². The quantitative estimate of drug-likeness (QED) is 0.502. The number of amides is 1. The van der Waals surface area contributed by atoms with Gasteiger partial charge in [-0.3, -0.25) is 4.79 Å². The van der Waals surface area contributed by atoms with E-state index in [-0.39, 0.29) is 11.7 Å². The van der Waals surface area contributed by atoms with E-state index in [1.807, 2.05) is 81.6 Å². The van der Waals surface area contributed by atoms with E-state index >= 15 is 0 Å². The summed E-state index contributed by atoms with van der Waals surface area (Å²) >= 11 is 1.34. The van der Waals surface area contributed by atoms with Crippen molar-refractivity contribution in [3.05, 3.63) is 72.1 Å². The third kappa shape index (κ3) is 5.31. The van der Waals surface area contributed by atoms with E-state index in [2.05, 4.69) is 20.2 Å². The Bertz CT molecular complexity index is 910. The number of aryl methyl sites for hydroxylation is 2. The highest BCUT2D eigenvalue weighted by molar-refractivity contribution is 7.99. The van der Waals surface area contributed by atoms with Crippen LogP contribution in [0.1, 0.15) is 11.4 Å². The minimum absolute atomic E-state index is 0.0812. The van der Waals surface area contributed by atoms with Gasteiger partial charge in [0.05, 0.1) is 5.75 Å². The van der Waals surface area contributed by atoms with Gasteiger partial charge in [0.25, 0.3) is 0 Å². The second kappa shape index (κ2) is 8.68. The van der Waals surface area contributed by atoms with Gasteiger partial charge < -0.3 is 10.2 Å². The fraction of sp³-hybridized carbons (Fsp3) is 0.190. The Balaban J connectivity index is 1.63. The van der Waals surface area contributed by atoms with E-state index in [9.17, 15) is 4.79 Å². The molecule has 3 aromatic rings. The number of thioether (sulfide) groups is 1. The van der Waals surface area contributed by atoms with Crippen LogP contribution < -0.4 is 10.2 Å². The second-order valence-corrected chi connectivity index (χ2v) is 7.16. The maximum atomic E-state index is 12.3. The summed E-state index contributed by atoms with van der Waals surface area (Å²) < 4.78 is 0. The molecule has 138 valence electrons. The lowest BCUT2D eigenvalue weighted by molar-refractivity contribution is -0.113. The average Bonchev–Trinajstić information content (AvgIpc) is 2.66. The van der Waals surface area contributed by atoms with Crippen LogP contribution >= 0.6 is 11.8 Å². The minimum atomic E-state index is -0.0812. The number of hydrogen-bond donors (Lipinski definition) is 1. The maximum Gasteiger partial charge on any atom is 0.234 e. The van der Waals surface area contributed by atoms with Crippen molar-refractivity contribution < 1.29 is 4.79 Å². The normalized spacial score (nSPS) is 10.5. The zero-order valence-electron chi connectivity index (χ0n) is 15.6. The van der Waals surface area contributed by atoms with E-state index in [0.717, 1.165) is 28.5 Å². The van der Waals surface area contributed by atoms with Crippen LogP contribution in [0.4, 0.5) is 17.1 Å². The molecule has 0 unspecified atom stereocenters. The van der Waals surface area contributed by atoms with Crippen molar-refractivity contribution in [1.29, 1.82) is 0 Å². The van der Waals surface area contributed by atoms with Gasteiger partial charge in [-0.15, -0.1) is 0 Å². The Morgan fingerprint density at radius 3 is 2.33 bits per heavy atom. The first-order chi connectivity index (χ1) is 13.0. The molecule has 2 aromatic carbocycles. The highest BCUT2D eigenvalue weighted by Crippen LogP contribution is 2.25. The number of rotatable bonds is 6. The van der Waals surface area contributed by atoms with Crippen molar-refractivity contribution >= 4 is 34.7 Å². The third-order valence-corrected chi connectivity index (χ3v) is 4.80. The van der Waals surface area contributed by atoms with Crippen molar-refractivity contribution in [2.45, 2.75) is 19.0 Å². The molecule has 27 heavy (non-hydrogen) atoms. The molecular weight excluding hydrogens is 356 g/mol. The molecule has 0 aliphatic carbocycles. The van der Waals surface area contributed by atoms with Gasteiger partial charge >= 0.3 is 0 Å². The summed E-state index contributed by atoms with van der Waals surface area (Å²) in [5.74, 6) is 0.184. The van der Waals surface area contributed by atoms with Gasteiger partial charge in [-0.05, 0) is 50.2 Å². The van der Waals surface area contributed by atoms with Crippen LogP contribution in [0.3, 0.4) is 0 Å². The van der Waals surface area contributed by atoms with Crippen LogP contribution in [-0.4, -0.2) is 28.7 Å². The van der Waals surface area contributed by atoms with Crippen molar-refractivity contribution in [2.75, 3.05) is 23.0 Å². The highest BCUT2D eigenvalue weighted by Gasteiger charge is 2.09. The van der Waals surface area contributed by atoms with Crippen LogP contribution in [0, 0.1) is 13.8 Å². The van der Waals surface area contributed by atoms with Crippen LogP contribution in [0.15, 0.2) is 65.8 Å². The molecule has 0 aliphatic heterocycles. The number of nitrogens with zero attached hydrogens (tertiary/aromatic N) is 3. The number of aromatic nitrogens is 2. The lowest BCUT2D eigenvalue weighted by Crippen LogP contribution is -2.15. The molecule has 0 bridgehead atoms. The number of carbonyl (C=O) groups is 1. The van der Waals surface area contributed by atoms with E-state index in [1.54, 1.807) is 0 Å². The van der Waals surface area contributed by atoms with Crippen molar-refractivity contribution in [2.24, 2.45) is 0 Å². The van der Waals surface area contributed by atoms with Crippen LogP contribution in [-0.2, 0) is 4.79 Å². The number of hydrogen-bond acceptors (Lipinski definition) is 5. The lowest BCUT2D eigenvalue weighted by atomic mass is 10.2. The van der Waals surface area contributed by atoms with Gasteiger partial charge in [0.1, 0.15) is 0 Å². The molecule has 0 radical (unpaired) electrons. The predicted molar refractivity (Wildman–Crippen MR) is 112 cm³/mol. The Morgan fingerprint density at radius 1 is 0.963 bits per heavy atom. The number of para-hydroxylation sites is 1. The predicted octanol–water partition coefficient (Wildman–Crippen LogP) is 4.59. The van der Waals surface area contributed by atoms with Crippen molar-refractivity contribution in [3.63, 3.8) is 0 Å². The molecule has 0 saturated carbocycles. The zero-order valence-corrected chi connectivity index (χ0v) is 16.5. The van der Waals surface area contributed by atoms with Crippen LogP contribution in [0.2, 0.25) is 0 Å². The molecule has 0 fully saturated rings. The van der Waals surface area contributed by atoms with E-state index in [4.69, 9.17) is 0 Å². The monoisotopic (exact) mass is 378 g/mol. The van der Waals surface area contributed by atoms with Gasteiger partial charge in [-0.1, -0.05) is 36.0 Å². The fourth-order valence-corrected chi connectivity index (χ4v) is 3.43. The minimum Gasteiger partial charge on any atom is -0.345 e. The molecule has 1 aromatic heterocycles. The number of nitrogens with one attached hydrogen (secondary N) is 1. The van der Waals surface area contributed by atoms with E-state index in [0.29, 0.717) is 5.16 Å². The number of anilines is 3. The largest absolute Gasteiger partial charge is 0.345 e. The molecular formula is C21H22N4OS. The smallest absolute Gasteiger partial charge is 0.234 e. The Morgan fingerprint density at radius 2 is 1.63 bits per heavy atom. The second-order valence-electron chi connectivity index (χ2n) is 6.22. The van der Waals surface area contributed by atoms with Gasteiger partial charge in [-0.25, -0.2) is 9.97 Å². The summed E-state index contributed by atoms with van der Waals surface area (Å²) in [4.78, 5) is 23.1. The van der Waals surface area contributed by atoms with Gasteiger partial charge in [0, 0.05) is 35.5 Å². The summed E-state index contributed by atoms with van der Waals surface area (Å²) in [7, 11) is 2.00. The first-order valence-corrected chi connectivity index (χ1v) is 9.63. The first kappa shape index (κ1) is 18.9. The molecule has 1 heterocycles. The van der Waals surface area contributed by atoms with Crippen molar-refractivity contribution in [3.8, 4) is 0 Å². The molecule has 0 aliphatic rings. The first-order valence-electron chi connectivity index (χ1n) is 8.65. The Kier molecular flexibility index (Phi) is 6.08. The molecule has 0 atom stereocenters. The molecule has 1 amide bonds. The third-order valence-electron chi connectivity index (χ3n) is 3.95. The van der Waals surface area contributed by atoms with Gasteiger partial charge in [0.15, 0.2) is 5.16 Å². The summed E-state index contributed by atoms with van der Waals surface area (Å²) in [6.07, 6.45) is 0. The summed E-state index contributed by atoms with van der Waals surface area (Å²) in [6.45, 7) is 3.85. The summed E-state index contributed by atoms with van der Waals surface area (Å²) in [5.41, 5.74) is 4.67. The molecule has 5 nitrogen and oxygen atoms in total. The number of benzene rings is 2. The van der Waals surface area contributed by atoms with Crippen LogP contribution in [0.25, 0.3) is 0 Å². The molecule has 0 saturated heterocycles. The van der Waals surface area contributed by atoms with Crippen molar-refractivity contribution in [1.82, 2.24) is 9.97 Å². The highest BCUT2D eigenvalue weighted by atomic mass is 32.2. The van der Waals surface area contributed by atoms with E-state index < -0.39 is 0 Å². The molecule has 6 heteroatoms. The maximum absolute atomic E-state index is 12.3. The standard InChI is InChI=1S/C21H22N4OS/c1-15-12-16(2)23-21(22-15)27-14-20(26)24-17-8-7-11-19(13-17)25(3)18-9-5-4-6-10-18/h4-13H,14H2,1-3H3,(H,24,26). The molecule has 1 N–H and O–H groups in total. The Labute approximate surface area is 163 Å². The van der Waals surface area contributed by atoms with E-state index in [1.165, 1.54) is 11.8 Å². The SMILES string of the molecule is Cc1cc(C)nc(SCC(=O)Nc2cccc(N(C)c3ccccc3)c2)n1. The zero-order chi connectivity index (χ0) is 19.2. The summed E-state index contributed by atoms with van der Waals surface area (Å²) in [5, 5.41) is 3.57. The molecule has 0 spiro atoms. The Hall–Kier alpha value is -2.86. The van der Waals surface area contributed by atoms with Gasteiger partial charge in [0.2, 0.25) is 5.91 Å². The number of carbonyl (C=O) groups excluding carboxylic acids is 1. The fourth-order valence-electron chi connectivity index (χ4n) is 2.68. The average molecular weight is 379 g/mol. The lowest BCUT2D eigenvalue weighted by Gasteiger charge is -2.20. The topological polar surface area (TPSA) is 58.1 Å².